The van der Waals surface area contributed by atoms with Crippen molar-refractivity contribution in [3.05, 3.63) is 42.0 Å². The molecule has 1 heterocycles. The van der Waals surface area contributed by atoms with Crippen LogP contribution in [0.15, 0.2) is 36.4 Å². The van der Waals surface area contributed by atoms with Crippen molar-refractivity contribution in [1.82, 2.24) is 10.4 Å². The molecule has 2 aromatic rings. The van der Waals surface area contributed by atoms with Crippen LogP contribution in [0.2, 0.25) is 0 Å². The largest absolute Gasteiger partial charge is 0.484 e. The second-order valence-electron chi connectivity index (χ2n) is 6.34. The molecule has 27 heavy (non-hydrogen) atoms. The number of fused-ring (bicyclic) bond motifs is 1. The number of carbonyl (C=O) groups is 2. The first-order valence-corrected chi connectivity index (χ1v) is 8.98. The zero-order valence-corrected chi connectivity index (χ0v) is 15.4. The molecule has 0 spiro atoms. The van der Waals surface area contributed by atoms with E-state index in [9.17, 15) is 9.59 Å². The number of rotatable bonds is 7. The van der Waals surface area contributed by atoms with Crippen molar-refractivity contribution in [3.8, 4) is 5.75 Å². The van der Waals surface area contributed by atoms with Crippen molar-refractivity contribution in [2.75, 3.05) is 40.0 Å². The third kappa shape index (κ3) is 5.67. The van der Waals surface area contributed by atoms with Gasteiger partial charge in [-0.15, -0.1) is 0 Å². The summed E-state index contributed by atoms with van der Waals surface area (Å²) in [6.07, 6.45) is 0.968. The SMILES string of the molecule is COC(=O)CCc1ccc2ccc(OCC(=O)NN3CCOCC3)cc2c1. The van der Waals surface area contributed by atoms with Gasteiger partial charge in [0.1, 0.15) is 5.75 Å². The molecule has 144 valence electrons. The number of nitrogens with zero attached hydrogens (tertiary/aromatic N) is 1. The number of carbonyl (C=O) groups excluding carboxylic acids is 2. The summed E-state index contributed by atoms with van der Waals surface area (Å²) in [4.78, 5) is 23.3. The van der Waals surface area contributed by atoms with E-state index in [4.69, 9.17) is 9.47 Å². The first-order chi connectivity index (χ1) is 13.1. The minimum Gasteiger partial charge on any atom is -0.484 e. The van der Waals surface area contributed by atoms with Crippen molar-refractivity contribution in [3.63, 3.8) is 0 Å². The lowest BCUT2D eigenvalue weighted by molar-refractivity contribution is -0.140. The minimum absolute atomic E-state index is 0.0507. The number of aryl methyl sites for hydroxylation is 1. The zero-order valence-electron chi connectivity index (χ0n) is 15.4. The maximum absolute atomic E-state index is 12.0. The molecule has 3 rings (SSSR count). The summed E-state index contributed by atoms with van der Waals surface area (Å²) in [7, 11) is 1.39. The number of amides is 1. The van der Waals surface area contributed by atoms with Gasteiger partial charge in [-0.2, -0.15) is 0 Å². The van der Waals surface area contributed by atoms with Gasteiger partial charge in [0.05, 0.1) is 20.3 Å². The molecule has 1 fully saturated rings. The van der Waals surface area contributed by atoms with Crippen LogP contribution in [-0.2, 0) is 25.5 Å². The number of methoxy groups -OCH3 is 1. The number of hydrogen-bond acceptors (Lipinski definition) is 6. The lowest BCUT2D eigenvalue weighted by Gasteiger charge is -2.26. The number of hydrogen-bond donors (Lipinski definition) is 1. The van der Waals surface area contributed by atoms with E-state index in [2.05, 4.69) is 10.2 Å². The van der Waals surface area contributed by atoms with Gasteiger partial charge in [0.15, 0.2) is 6.61 Å². The lowest BCUT2D eigenvalue weighted by atomic mass is 10.0. The molecule has 0 radical (unpaired) electrons. The van der Waals surface area contributed by atoms with Gasteiger partial charge in [-0.05, 0) is 34.9 Å². The molecule has 7 nitrogen and oxygen atoms in total. The highest BCUT2D eigenvalue weighted by molar-refractivity contribution is 5.85. The van der Waals surface area contributed by atoms with E-state index in [0.29, 0.717) is 44.9 Å². The van der Waals surface area contributed by atoms with Crippen LogP contribution in [0.5, 0.6) is 5.75 Å². The summed E-state index contributed by atoms with van der Waals surface area (Å²) in [5, 5.41) is 3.91. The highest BCUT2D eigenvalue weighted by Gasteiger charge is 2.13. The number of nitrogens with one attached hydrogen (secondary N) is 1. The van der Waals surface area contributed by atoms with Crippen LogP contribution in [0.25, 0.3) is 10.8 Å². The number of ether oxygens (including phenoxy) is 3. The summed E-state index contributed by atoms with van der Waals surface area (Å²) in [6.45, 7) is 2.53. The van der Waals surface area contributed by atoms with Gasteiger partial charge in [0.2, 0.25) is 0 Å². The van der Waals surface area contributed by atoms with Crippen molar-refractivity contribution < 1.29 is 23.8 Å². The van der Waals surface area contributed by atoms with Crippen molar-refractivity contribution in [2.45, 2.75) is 12.8 Å². The molecular formula is C20H24N2O5. The van der Waals surface area contributed by atoms with Crippen LogP contribution >= 0.6 is 0 Å². The maximum Gasteiger partial charge on any atom is 0.305 e. The van der Waals surface area contributed by atoms with Crippen LogP contribution in [-0.4, -0.2) is 56.9 Å². The second kappa shape index (κ2) is 9.34. The Hall–Kier alpha value is -2.64. The van der Waals surface area contributed by atoms with E-state index < -0.39 is 0 Å². The molecule has 1 aliphatic heterocycles. The summed E-state index contributed by atoms with van der Waals surface area (Å²) in [5.41, 5.74) is 3.86. The van der Waals surface area contributed by atoms with E-state index in [1.165, 1.54) is 7.11 Å². The van der Waals surface area contributed by atoms with Gasteiger partial charge in [-0.1, -0.05) is 24.3 Å². The number of esters is 1. The van der Waals surface area contributed by atoms with Crippen molar-refractivity contribution in [2.24, 2.45) is 0 Å². The molecule has 2 aromatic carbocycles. The number of hydrazine groups is 1. The average Bonchev–Trinajstić information content (AvgIpc) is 2.70. The fourth-order valence-corrected chi connectivity index (χ4v) is 2.90. The summed E-state index contributed by atoms with van der Waals surface area (Å²) < 4.78 is 15.6. The molecular weight excluding hydrogens is 348 g/mol. The summed E-state index contributed by atoms with van der Waals surface area (Å²) in [5.74, 6) is 0.215. The molecule has 0 aromatic heterocycles. The Morgan fingerprint density at radius 3 is 2.67 bits per heavy atom. The van der Waals surface area contributed by atoms with Crippen molar-refractivity contribution in [1.29, 1.82) is 0 Å². The van der Waals surface area contributed by atoms with Crippen molar-refractivity contribution >= 4 is 22.6 Å². The normalized spacial score (nSPS) is 14.7. The Morgan fingerprint density at radius 2 is 1.89 bits per heavy atom. The van der Waals surface area contributed by atoms with E-state index >= 15 is 0 Å². The third-order valence-corrected chi connectivity index (χ3v) is 4.39. The molecule has 0 atom stereocenters. The summed E-state index contributed by atoms with van der Waals surface area (Å²) in [6, 6.07) is 11.7. The molecule has 0 bridgehead atoms. The molecule has 1 amide bonds. The molecule has 0 unspecified atom stereocenters. The first-order valence-electron chi connectivity index (χ1n) is 8.98. The van der Waals surface area contributed by atoms with Crippen LogP contribution in [0.3, 0.4) is 0 Å². The molecule has 0 aliphatic carbocycles. The Bertz CT molecular complexity index is 802. The Labute approximate surface area is 158 Å². The molecule has 1 aliphatic rings. The highest BCUT2D eigenvalue weighted by atomic mass is 16.5. The standard InChI is InChI=1S/C20H24N2O5/c1-25-20(24)7-3-15-2-4-16-5-6-18(13-17(16)12-15)27-14-19(23)21-22-8-10-26-11-9-22/h2,4-6,12-13H,3,7-11,14H2,1H3,(H,21,23). The van der Waals surface area contributed by atoms with Crippen LogP contribution in [0.4, 0.5) is 0 Å². The third-order valence-electron chi connectivity index (χ3n) is 4.39. The van der Waals surface area contributed by atoms with E-state index in [0.717, 1.165) is 16.3 Å². The Morgan fingerprint density at radius 1 is 1.11 bits per heavy atom. The summed E-state index contributed by atoms with van der Waals surface area (Å²) >= 11 is 0. The predicted molar refractivity (Wildman–Crippen MR) is 100 cm³/mol. The highest BCUT2D eigenvalue weighted by Crippen LogP contribution is 2.22. The van der Waals surface area contributed by atoms with Gasteiger partial charge in [0.25, 0.3) is 5.91 Å². The smallest absolute Gasteiger partial charge is 0.305 e. The predicted octanol–water partition coefficient (Wildman–Crippen LogP) is 1.69. The van der Waals surface area contributed by atoms with E-state index in [-0.39, 0.29) is 18.5 Å². The van der Waals surface area contributed by atoms with Crippen LogP contribution in [0.1, 0.15) is 12.0 Å². The average molecular weight is 372 g/mol. The van der Waals surface area contributed by atoms with Gasteiger partial charge in [-0.25, -0.2) is 5.01 Å². The van der Waals surface area contributed by atoms with Crippen LogP contribution in [0, 0.1) is 0 Å². The van der Waals surface area contributed by atoms with Crippen LogP contribution < -0.4 is 10.2 Å². The quantitative estimate of drug-likeness (QED) is 0.746. The van der Waals surface area contributed by atoms with Gasteiger partial charge < -0.3 is 14.2 Å². The second-order valence-corrected chi connectivity index (χ2v) is 6.34. The van der Waals surface area contributed by atoms with Gasteiger partial charge >= 0.3 is 5.97 Å². The first kappa shape index (κ1) is 19.1. The van der Waals surface area contributed by atoms with Gasteiger partial charge in [0, 0.05) is 19.5 Å². The monoisotopic (exact) mass is 372 g/mol. The Kier molecular flexibility index (Phi) is 6.62. The molecule has 1 saturated heterocycles. The molecule has 1 N–H and O–H groups in total. The maximum atomic E-state index is 12.0. The van der Waals surface area contributed by atoms with E-state index in [1.807, 2.05) is 41.4 Å². The fourth-order valence-electron chi connectivity index (χ4n) is 2.90. The fraction of sp³-hybridized carbons (Fsp3) is 0.400. The van der Waals surface area contributed by atoms with Gasteiger partial charge in [-0.3, -0.25) is 15.0 Å². The topological polar surface area (TPSA) is 77.1 Å². The van der Waals surface area contributed by atoms with E-state index in [1.54, 1.807) is 0 Å². The lowest BCUT2D eigenvalue weighted by Crippen LogP contribution is -2.49. The molecule has 7 heteroatoms. The number of morpholine rings is 1. The number of benzene rings is 2. The zero-order chi connectivity index (χ0) is 19.1. The molecule has 0 saturated carbocycles. The minimum atomic E-state index is -0.224. The Balaban J connectivity index is 1.57.